The van der Waals surface area contributed by atoms with Crippen molar-refractivity contribution in [3.8, 4) is 17.0 Å². The number of pyridine rings is 1. The minimum atomic E-state index is 0.0953. The van der Waals surface area contributed by atoms with E-state index in [1.807, 2.05) is 13.1 Å². The predicted octanol–water partition coefficient (Wildman–Crippen LogP) is 30.1. The number of hydrogen-bond acceptors (Lipinski definition) is 2. The third-order valence-electron chi connectivity index (χ3n) is 29.2. The SMILES string of the molecule is CC(C)(C)c1c(CC2CC2)ccc2c1CCC2.CC(C)(C)c1c(CC2CCC2)ccc2c1CCC2.CC(c1ccc2c(c1C(C)(C)C)CCC2)C1CCC1.COc1cc(-c2cc(C)cc(C(C)C3CC3)c2C(C)(C)C)ccn1.Cc1c(F)c2c(c(C(C)(C)C)c1CC1CC1)CCC2.Cc1cc2c(c(C(C)(C)C)c1CC1CC1)CCC2. The van der Waals surface area contributed by atoms with Gasteiger partial charge in [0, 0.05) is 12.3 Å². The third kappa shape index (κ3) is 20.6. The summed E-state index contributed by atoms with van der Waals surface area (Å²) in [4.78, 5) is 4.27. The molecule has 6 saturated carbocycles. The van der Waals surface area contributed by atoms with Gasteiger partial charge in [0.25, 0.3) is 0 Å². The van der Waals surface area contributed by atoms with E-state index < -0.39 is 0 Å². The average Bonchev–Trinajstić information content (AvgIpc) is 1.69. The van der Waals surface area contributed by atoms with E-state index in [4.69, 9.17) is 4.74 Å². The number of hydrogen-bond donors (Lipinski definition) is 0. The maximum atomic E-state index is 14.6. The number of ether oxygens (including phenoxy) is 1. The molecule has 18 rings (SSSR count). The molecular weight excluding hydrogens is 1390 g/mol. The number of aryl methyl sites for hydroxylation is 6. The van der Waals surface area contributed by atoms with E-state index >= 15 is 0 Å². The van der Waals surface area contributed by atoms with Crippen molar-refractivity contribution in [2.45, 2.75) is 415 Å². The van der Waals surface area contributed by atoms with Crippen LogP contribution in [0.25, 0.3) is 11.1 Å². The monoisotopic (exact) mass is 1550 g/mol. The summed E-state index contributed by atoms with van der Waals surface area (Å²) in [7, 11) is 1.67. The number of benzene rings is 6. The van der Waals surface area contributed by atoms with Gasteiger partial charge in [-0.1, -0.05) is 224 Å². The van der Waals surface area contributed by atoms with Gasteiger partial charge >= 0.3 is 0 Å². The fraction of sp³-hybridized carbons (Fsp3) is 0.634. The smallest absolute Gasteiger partial charge is 0.213 e. The maximum Gasteiger partial charge on any atom is 0.213 e. The van der Waals surface area contributed by atoms with E-state index in [0.29, 0.717) is 33.5 Å². The molecule has 0 radical (unpaired) electrons. The highest BCUT2D eigenvalue weighted by Gasteiger charge is 2.39. The molecule has 3 heteroatoms. The molecule has 2 nitrogen and oxygen atoms in total. The minimum absolute atomic E-state index is 0.0953. The maximum absolute atomic E-state index is 14.6. The first-order valence-corrected chi connectivity index (χ1v) is 47.3. The highest BCUT2D eigenvalue weighted by molar-refractivity contribution is 5.72. The first kappa shape index (κ1) is 87.0. The van der Waals surface area contributed by atoms with Crippen molar-refractivity contribution in [1.29, 1.82) is 0 Å². The average molecular weight is 1550 g/mol. The predicted molar refractivity (Wildman–Crippen MR) is 492 cm³/mol. The second-order valence-electron chi connectivity index (χ2n) is 45.3. The summed E-state index contributed by atoms with van der Waals surface area (Å²) in [6.07, 6.45) is 46.0. The fourth-order valence-electron chi connectivity index (χ4n) is 22.7. The van der Waals surface area contributed by atoms with E-state index in [2.05, 4.69) is 224 Å². The van der Waals surface area contributed by atoms with Crippen LogP contribution in [0.3, 0.4) is 0 Å². The Morgan fingerprint density at radius 2 is 0.765 bits per heavy atom. The molecular formula is C112H158FNO. The molecule has 2 unspecified atom stereocenters. The molecule has 11 aliphatic rings. The summed E-state index contributed by atoms with van der Waals surface area (Å²) in [5.74, 6) is 7.74. The summed E-state index contributed by atoms with van der Waals surface area (Å²) in [5, 5.41) is 0. The molecule has 0 amide bonds. The Morgan fingerprint density at radius 3 is 1.22 bits per heavy atom. The van der Waals surface area contributed by atoms with Crippen molar-refractivity contribution >= 4 is 0 Å². The van der Waals surface area contributed by atoms with Crippen molar-refractivity contribution in [2.24, 2.45) is 35.5 Å². The van der Waals surface area contributed by atoms with Crippen LogP contribution in [0.4, 0.5) is 4.39 Å². The van der Waals surface area contributed by atoms with Crippen molar-refractivity contribution in [3.63, 3.8) is 0 Å². The Balaban J connectivity index is 0.000000121. The van der Waals surface area contributed by atoms with Crippen molar-refractivity contribution in [1.82, 2.24) is 4.98 Å². The molecule has 7 aromatic rings. The molecule has 0 aliphatic heterocycles. The van der Waals surface area contributed by atoms with Gasteiger partial charge in [0.2, 0.25) is 5.88 Å². The van der Waals surface area contributed by atoms with Gasteiger partial charge in [-0.05, 0) is 438 Å². The minimum Gasteiger partial charge on any atom is -0.481 e. The highest BCUT2D eigenvalue weighted by Crippen LogP contribution is 2.52. The van der Waals surface area contributed by atoms with E-state index in [1.54, 1.807) is 102 Å². The first-order valence-electron chi connectivity index (χ1n) is 47.3. The van der Waals surface area contributed by atoms with Crippen LogP contribution in [0.2, 0.25) is 0 Å². The van der Waals surface area contributed by atoms with E-state index in [-0.39, 0.29) is 16.6 Å². The molecule has 624 valence electrons. The largest absolute Gasteiger partial charge is 0.481 e. The van der Waals surface area contributed by atoms with Gasteiger partial charge in [0.15, 0.2) is 0 Å². The normalized spacial score (nSPS) is 18.9. The molecule has 0 saturated heterocycles. The van der Waals surface area contributed by atoms with Crippen molar-refractivity contribution in [2.75, 3.05) is 7.11 Å². The first-order chi connectivity index (χ1) is 54.3. The number of halogens is 1. The molecule has 0 N–H and O–H groups in total. The second-order valence-corrected chi connectivity index (χ2v) is 45.3. The van der Waals surface area contributed by atoms with Gasteiger partial charge in [0.05, 0.1) is 7.11 Å². The fourth-order valence-corrected chi connectivity index (χ4v) is 22.7. The number of methoxy groups -OCH3 is 1. The lowest BCUT2D eigenvalue weighted by Crippen LogP contribution is -2.24. The van der Waals surface area contributed by atoms with Gasteiger partial charge in [-0.15, -0.1) is 0 Å². The lowest BCUT2D eigenvalue weighted by atomic mass is 9.69. The van der Waals surface area contributed by atoms with E-state index in [0.717, 1.165) is 78.2 Å². The zero-order chi connectivity index (χ0) is 82.6. The zero-order valence-corrected chi connectivity index (χ0v) is 77.6. The summed E-state index contributed by atoms with van der Waals surface area (Å²) < 4.78 is 19.9. The third-order valence-corrected chi connectivity index (χ3v) is 29.2. The molecule has 1 aromatic heterocycles. The lowest BCUT2D eigenvalue weighted by molar-refractivity contribution is 0.270. The topological polar surface area (TPSA) is 22.1 Å². The van der Waals surface area contributed by atoms with Crippen LogP contribution in [-0.2, 0) is 122 Å². The summed E-state index contributed by atoms with van der Waals surface area (Å²) in [6, 6.07) is 26.0. The Bertz CT molecular complexity index is 4570. The van der Waals surface area contributed by atoms with Crippen LogP contribution < -0.4 is 4.74 Å². The molecule has 2 atom stereocenters. The van der Waals surface area contributed by atoms with Crippen LogP contribution in [0.5, 0.6) is 5.88 Å². The summed E-state index contributed by atoms with van der Waals surface area (Å²) in [5.41, 5.74) is 42.9. The standard InChI is InChI=1S/C22H29NO.C19H28.C18H25F.2C18H26.C17H24/c1-14-11-18(15(2)16-7-8-16)21(22(3,4)5)19(12-14)17-9-10-23-20(13-17)24-6;1-13(14-7-5-8-14)16-12-11-15-9-6-10-17(15)18(16)19(2,3)4;1-11-15(10-12-8-9-12)16(18(2,3)4)13-6-5-7-14(13)17(11)19;1-12-10-14-6-5-7-15(14)17(18(2,3)4)16(12)11-13-8-9-13;1-18(2,3)17-15(12-13-6-4-7-13)11-10-14-8-5-9-16(14)17;1-17(2,3)16-14(11-12-7-8-12)10-9-13-5-4-6-15(13)16/h9-13,15-16H,7-8H2,1-6H3;11-14H,5-10H2,1-4H3;12H,5-10H2,1-4H3;10,13H,5-9,11H2,1-4H3;10-11,13H,4-9,12H2,1-3H3;9-10,12H,4-8,11H2,1-3H3. The zero-order valence-electron chi connectivity index (χ0n) is 77.6. The number of aromatic nitrogens is 1. The molecule has 11 aliphatic carbocycles. The lowest BCUT2D eigenvalue weighted by Gasteiger charge is -2.36. The van der Waals surface area contributed by atoms with Crippen LogP contribution in [0, 0.1) is 62.1 Å². The number of rotatable bonds is 14. The van der Waals surface area contributed by atoms with Gasteiger partial charge in [0.1, 0.15) is 5.82 Å². The molecule has 115 heavy (non-hydrogen) atoms. The van der Waals surface area contributed by atoms with Crippen LogP contribution in [0.15, 0.2) is 72.9 Å². The number of fused-ring (bicyclic) bond motifs is 5. The van der Waals surface area contributed by atoms with Crippen LogP contribution in [-0.4, -0.2) is 12.1 Å². The van der Waals surface area contributed by atoms with E-state index in [1.165, 1.54) is 231 Å². The van der Waals surface area contributed by atoms with Gasteiger partial charge in [-0.25, -0.2) is 9.37 Å². The van der Waals surface area contributed by atoms with Crippen LogP contribution in [0.1, 0.15) is 411 Å². The van der Waals surface area contributed by atoms with E-state index in [9.17, 15) is 4.39 Å². The van der Waals surface area contributed by atoms with Crippen molar-refractivity contribution in [3.05, 3.63) is 218 Å². The molecule has 1 heterocycles. The second kappa shape index (κ2) is 35.1. The van der Waals surface area contributed by atoms with Gasteiger partial charge in [-0.3, -0.25) is 0 Å². The Morgan fingerprint density at radius 1 is 0.365 bits per heavy atom. The quantitative estimate of drug-likeness (QED) is 0.108. The van der Waals surface area contributed by atoms with Gasteiger partial charge in [-0.2, -0.15) is 0 Å². The number of nitrogens with zero attached hydrogens (tertiary/aromatic N) is 1. The molecule has 0 spiro atoms. The molecule has 6 aromatic carbocycles. The summed E-state index contributed by atoms with van der Waals surface area (Å²) >= 11 is 0. The van der Waals surface area contributed by atoms with Crippen molar-refractivity contribution < 1.29 is 9.13 Å². The van der Waals surface area contributed by atoms with Crippen LogP contribution >= 0.6 is 0 Å². The molecule has 0 bridgehead atoms. The Kier molecular flexibility index (Phi) is 26.6. The summed E-state index contributed by atoms with van der Waals surface area (Å²) in [6.45, 7) is 54.0. The molecule has 6 fully saturated rings. The van der Waals surface area contributed by atoms with Gasteiger partial charge < -0.3 is 4.74 Å². The highest BCUT2D eigenvalue weighted by atomic mass is 19.1. The Labute approximate surface area is 702 Å². The Hall–Kier alpha value is -5.80.